The van der Waals surface area contributed by atoms with E-state index >= 15 is 0 Å². The lowest BCUT2D eigenvalue weighted by Gasteiger charge is -2.32. The number of hydrogen-bond donors (Lipinski definition) is 2. The van der Waals surface area contributed by atoms with E-state index in [1.54, 1.807) is 6.07 Å². The molecular weight excluding hydrogens is 474 g/mol. The van der Waals surface area contributed by atoms with Crippen LogP contribution in [0.5, 0.6) is 0 Å². The van der Waals surface area contributed by atoms with Gasteiger partial charge in [-0.3, -0.25) is 4.90 Å². The summed E-state index contributed by atoms with van der Waals surface area (Å²) in [7, 11) is 0. The molecule has 2 unspecified atom stereocenters. The van der Waals surface area contributed by atoms with Gasteiger partial charge in [0.1, 0.15) is 22.9 Å². The predicted molar refractivity (Wildman–Crippen MR) is 139 cm³/mol. The second-order valence-corrected chi connectivity index (χ2v) is 10.3. The van der Waals surface area contributed by atoms with Gasteiger partial charge in [-0.25, -0.2) is 28.7 Å². The summed E-state index contributed by atoms with van der Waals surface area (Å²) in [6, 6.07) is 8.16. The molecule has 0 saturated carbocycles. The number of nitrogens with one attached hydrogen (secondary N) is 2. The molecule has 2 bridgehead atoms. The van der Waals surface area contributed by atoms with Gasteiger partial charge in [0.25, 0.3) is 0 Å². The minimum absolute atomic E-state index is 0.0115. The van der Waals surface area contributed by atoms with Crippen molar-refractivity contribution in [3.8, 4) is 11.3 Å². The first kappa shape index (κ1) is 23.9. The molecule has 192 valence electrons. The molecule has 2 fully saturated rings. The molecule has 8 nitrogen and oxygen atoms in total. The molecule has 2 aliphatic heterocycles. The van der Waals surface area contributed by atoms with E-state index in [9.17, 15) is 8.78 Å². The van der Waals surface area contributed by atoms with Gasteiger partial charge in [0, 0.05) is 49.5 Å². The van der Waals surface area contributed by atoms with Gasteiger partial charge in [-0.05, 0) is 57.4 Å². The lowest BCUT2D eigenvalue weighted by molar-refractivity contribution is 0.188. The van der Waals surface area contributed by atoms with Crippen LogP contribution in [-0.4, -0.2) is 54.6 Å². The third kappa shape index (κ3) is 4.67. The standard InChI is InChI=1S/C27H30F2N8/c1-15(2)37-16(3)32-26-21(28)8-18(9-23(26)37)25-22(29)11-31-27(35-25)34-24-7-4-17(10-30-24)12-36-13-19-5-6-20(14-36)33-19/h4,7-11,15,19-20,33H,5-6,12-14H2,1-3H3,(H,30,31,34,35). The molecule has 2 saturated heterocycles. The van der Waals surface area contributed by atoms with Crippen LogP contribution in [0.25, 0.3) is 22.3 Å². The van der Waals surface area contributed by atoms with Crippen molar-refractivity contribution in [1.29, 1.82) is 0 Å². The highest BCUT2D eigenvalue weighted by Crippen LogP contribution is 2.30. The first-order chi connectivity index (χ1) is 17.8. The average Bonchev–Trinajstić information content (AvgIpc) is 3.39. The Kier molecular flexibility index (Phi) is 6.08. The zero-order chi connectivity index (χ0) is 25.7. The molecule has 10 heteroatoms. The summed E-state index contributed by atoms with van der Waals surface area (Å²) < 4.78 is 31.7. The Morgan fingerprint density at radius 3 is 2.51 bits per heavy atom. The summed E-state index contributed by atoms with van der Waals surface area (Å²) in [6.45, 7) is 8.81. The summed E-state index contributed by atoms with van der Waals surface area (Å²) in [6.07, 6.45) is 5.44. The number of pyridine rings is 1. The minimum Gasteiger partial charge on any atom is -0.326 e. The van der Waals surface area contributed by atoms with E-state index in [0.29, 0.717) is 34.8 Å². The number of hydrogen-bond acceptors (Lipinski definition) is 7. The van der Waals surface area contributed by atoms with Crippen LogP contribution in [0, 0.1) is 18.6 Å². The van der Waals surface area contributed by atoms with Gasteiger partial charge in [-0.15, -0.1) is 0 Å². The maximum atomic E-state index is 14.9. The summed E-state index contributed by atoms with van der Waals surface area (Å²) >= 11 is 0. The van der Waals surface area contributed by atoms with Crippen LogP contribution >= 0.6 is 0 Å². The van der Waals surface area contributed by atoms with Gasteiger partial charge >= 0.3 is 0 Å². The fourth-order valence-corrected chi connectivity index (χ4v) is 5.67. The Bertz CT molecular complexity index is 1440. The number of aromatic nitrogens is 5. The monoisotopic (exact) mass is 504 g/mol. The molecule has 0 spiro atoms. The molecule has 0 amide bonds. The van der Waals surface area contributed by atoms with Crippen molar-refractivity contribution < 1.29 is 8.78 Å². The van der Waals surface area contributed by atoms with E-state index in [4.69, 9.17) is 0 Å². The molecule has 0 radical (unpaired) electrons. The van der Waals surface area contributed by atoms with Crippen molar-refractivity contribution in [2.75, 3.05) is 18.4 Å². The number of rotatable bonds is 6. The van der Waals surface area contributed by atoms with Crippen molar-refractivity contribution in [3.63, 3.8) is 0 Å². The number of imidazole rings is 1. The average molecular weight is 505 g/mol. The van der Waals surface area contributed by atoms with Crippen LogP contribution in [-0.2, 0) is 6.54 Å². The molecule has 0 aliphatic carbocycles. The van der Waals surface area contributed by atoms with Gasteiger partial charge in [0.05, 0.1) is 11.7 Å². The Hall–Kier alpha value is -3.50. The molecule has 3 aromatic heterocycles. The Labute approximate surface area is 214 Å². The van der Waals surface area contributed by atoms with Crippen molar-refractivity contribution in [2.45, 2.75) is 58.3 Å². The van der Waals surface area contributed by atoms with Crippen LogP contribution in [0.3, 0.4) is 0 Å². The number of fused-ring (bicyclic) bond motifs is 3. The van der Waals surface area contributed by atoms with Gasteiger partial charge in [0.15, 0.2) is 11.6 Å². The third-order valence-corrected chi connectivity index (χ3v) is 7.22. The van der Waals surface area contributed by atoms with Crippen LogP contribution in [0.2, 0.25) is 0 Å². The van der Waals surface area contributed by atoms with E-state index in [1.165, 1.54) is 18.9 Å². The molecule has 2 aliphatic rings. The second-order valence-electron chi connectivity index (χ2n) is 10.3. The zero-order valence-corrected chi connectivity index (χ0v) is 21.2. The van der Waals surface area contributed by atoms with Crippen LogP contribution in [0.1, 0.15) is 44.1 Å². The van der Waals surface area contributed by atoms with E-state index in [0.717, 1.165) is 31.4 Å². The normalized spacial score (nSPS) is 19.7. The molecule has 1 aromatic carbocycles. The van der Waals surface area contributed by atoms with Gasteiger partial charge in [-0.1, -0.05) is 6.07 Å². The van der Waals surface area contributed by atoms with Gasteiger partial charge in [-0.2, -0.15) is 0 Å². The number of nitrogens with zero attached hydrogens (tertiary/aromatic N) is 6. The first-order valence-electron chi connectivity index (χ1n) is 12.8. The van der Waals surface area contributed by atoms with Gasteiger partial charge < -0.3 is 15.2 Å². The Balaban J connectivity index is 1.22. The van der Waals surface area contributed by atoms with Crippen molar-refractivity contribution in [2.24, 2.45) is 0 Å². The van der Waals surface area contributed by atoms with Crippen LogP contribution in [0.4, 0.5) is 20.5 Å². The van der Waals surface area contributed by atoms with E-state index < -0.39 is 11.6 Å². The largest absolute Gasteiger partial charge is 0.326 e. The quantitative estimate of drug-likeness (QED) is 0.393. The number of benzene rings is 1. The minimum atomic E-state index is -0.634. The smallest absolute Gasteiger partial charge is 0.229 e. The SMILES string of the molecule is Cc1nc2c(F)cc(-c3nc(Nc4ccc(CN5CC6CCC(C5)N6)cn4)ncc3F)cc2n1C(C)C. The maximum Gasteiger partial charge on any atom is 0.229 e. The number of piperazine rings is 1. The number of aryl methyl sites for hydroxylation is 1. The topological polar surface area (TPSA) is 83.8 Å². The van der Waals surface area contributed by atoms with E-state index in [2.05, 4.69) is 35.5 Å². The maximum absolute atomic E-state index is 14.9. The van der Waals surface area contributed by atoms with E-state index in [1.807, 2.05) is 43.7 Å². The van der Waals surface area contributed by atoms with Crippen molar-refractivity contribution >= 4 is 22.8 Å². The molecule has 4 aromatic rings. The summed E-state index contributed by atoms with van der Waals surface area (Å²) in [4.78, 5) is 19.8. The van der Waals surface area contributed by atoms with Crippen molar-refractivity contribution in [3.05, 3.63) is 59.7 Å². The molecule has 37 heavy (non-hydrogen) atoms. The Morgan fingerprint density at radius 2 is 1.81 bits per heavy atom. The lowest BCUT2D eigenvalue weighted by Crippen LogP contribution is -2.50. The molecular formula is C27H30F2N8. The predicted octanol–water partition coefficient (Wildman–Crippen LogP) is 4.74. The van der Waals surface area contributed by atoms with Crippen molar-refractivity contribution in [1.82, 2.24) is 34.7 Å². The number of likely N-dealkylation sites (tertiary alicyclic amines) is 1. The van der Waals surface area contributed by atoms with Gasteiger partial charge in [0.2, 0.25) is 5.95 Å². The molecule has 2 N–H and O–H groups in total. The number of halogens is 2. The summed E-state index contributed by atoms with van der Waals surface area (Å²) in [5.74, 6) is 0.286. The lowest BCUT2D eigenvalue weighted by atomic mass is 10.1. The zero-order valence-electron chi connectivity index (χ0n) is 21.2. The first-order valence-corrected chi connectivity index (χ1v) is 12.8. The Morgan fingerprint density at radius 1 is 1.03 bits per heavy atom. The third-order valence-electron chi connectivity index (χ3n) is 7.22. The highest BCUT2D eigenvalue weighted by molar-refractivity contribution is 5.83. The number of anilines is 2. The highest BCUT2D eigenvalue weighted by atomic mass is 19.1. The second kappa shape index (κ2) is 9.42. The molecule has 2 atom stereocenters. The van der Waals surface area contributed by atoms with Crippen LogP contribution in [0.15, 0.2) is 36.7 Å². The summed E-state index contributed by atoms with van der Waals surface area (Å²) in [5.41, 5.74) is 2.33. The summed E-state index contributed by atoms with van der Waals surface area (Å²) in [5, 5.41) is 6.70. The fourth-order valence-electron chi connectivity index (χ4n) is 5.67. The van der Waals surface area contributed by atoms with E-state index in [-0.39, 0.29) is 23.2 Å². The molecule has 6 rings (SSSR count). The van der Waals surface area contributed by atoms with Crippen LogP contribution < -0.4 is 10.6 Å². The highest BCUT2D eigenvalue weighted by Gasteiger charge is 2.31. The molecule has 5 heterocycles. The fraction of sp³-hybridized carbons (Fsp3) is 0.407.